The van der Waals surface area contributed by atoms with Crippen LogP contribution in [-0.4, -0.2) is 36.4 Å². The lowest BCUT2D eigenvalue weighted by molar-refractivity contribution is -0.129. The summed E-state index contributed by atoms with van der Waals surface area (Å²) in [5, 5.41) is 2.79. The summed E-state index contributed by atoms with van der Waals surface area (Å²) >= 11 is 5.88. The highest BCUT2D eigenvalue weighted by Crippen LogP contribution is 2.30. The van der Waals surface area contributed by atoms with Crippen LogP contribution in [0.15, 0.2) is 60.7 Å². The molecule has 1 heterocycles. The fraction of sp³-hybridized carbons (Fsp3) is 0.136. The van der Waals surface area contributed by atoms with Gasteiger partial charge in [-0.05, 0) is 41.5 Å². The average Bonchev–Trinajstić information content (AvgIpc) is 2.74. The molecule has 8 heteroatoms. The molecule has 1 aliphatic heterocycles. The van der Waals surface area contributed by atoms with E-state index in [2.05, 4.69) is 11.9 Å². The molecule has 1 saturated heterocycles. The molecular formula is C22H19ClN2O5. The molecule has 0 aromatic heterocycles. The topological polar surface area (TPSA) is 84.9 Å². The van der Waals surface area contributed by atoms with E-state index in [1.54, 1.807) is 30.3 Å². The largest absolute Gasteiger partial charge is 0.493 e. The lowest BCUT2D eigenvalue weighted by Crippen LogP contribution is -2.54. The maximum Gasteiger partial charge on any atom is 0.331 e. The van der Waals surface area contributed by atoms with Gasteiger partial charge in [-0.25, -0.2) is 4.79 Å². The molecule has 30 heavy (non-hydrogen) atoms. The van der Waals surface area contributed by atoms with E-state index in [9.17, 15) is 14.4 Å². The third-order valence-corrected chi connectivity index (χ3v) is 4.56. The standard InChI is InChI=1S/C22H19ClN2O5/c1-3-10-25-21(27)17(20(26)24-22(25)28)11-15-6-9-18(19(12-15)29-2)30-13-14-4-7-16(23)8-5-14/h3-9,11-12H,1,10,13H2,2H3,(H,24,26,28)/b17-11-. The Labute approximate surface area is 178 Å². The smallest absolute Gasteiger partial charge is 0.331 e. The molecule has 0 spiro atoms. The molecule has 1 N–H and O–H groups in total. The van der Waals surface area contributed by atoms with Crippen molar-refractivity contribution in [2.45, 2.75) is 6.61 Å². The number of nitrogens with one attached hydrogen (secondary N) is 1. The van der Waals surface area contributed by atoms with Crippen LogP contribution in [0, 0.1) is 0 Å². The number of rotatable bonds is 7. The minimum absolute atomic E-state index is 0.00389. The van der Waals surface area contributed by atoms with Crippen molar-refractivity contribution >= 4 is 35.5 Å². The molecule has 3 rings (SSSR count). The van der Waals surface area contributed by atoms with Gasteiger partial charge in [0.1, 0.15) is 12.2 Å². The van der Waals surface area contributed by atoms with Gasteiger partial charge in [0.25, 0.3) is 11.8 Å². The van der Waals surface area contributed by atoms with E-state index in [4.69, 9.17) is 21.1 Å². The van der Waals surface area contributed by atoms with Crippen LogP contribution in [0.25, 0.3) is 6.08 Å². The van der Waals surface area contributed by atoms with Crippen molar-refractivity contribution in [1.82, 2.24) is 10.2 Å². The second-order valence-electron chi connectivity index (χ2n) is 6.35. The Morgan fingerprint density at radius 1 is 1.10 bits per heavy atom. The summed E-state index contributed by atoms with van der Waals surface area (Å²) in [5.41, 5.74) is 1.31. The number of carbonyl (C=O) groups is 3. The molecule has 0 saturated carbocycles. The maximum absolute atomic E-state index is 12.5. The lowest BCUT2D eigenvalue weighted by atomic mass is 10.1. The van der Waals surface area contributed by atoms with Crippen LogP contribution in [0.5, 0.6) is 11.5 Å². The van der Waals surface area contributed by atoms with Crippen molar-refractivity contribution in [2.75, 3.05) is 13.7 Å². The number of barbiturate groups is 1. The van der Waals surface area contributed by atoms with Gasteiger partial charge in [0.2, 0.25) is 0 Å². The molecule has 0 aliphatic carbocycles. The first-order chi connectivity index (χ1) is 14.4. The molecule has 0 bridgehead atoms. The van der Waals surface area contributed by atoms with Crippen LogP contribution in [-0.2, 0) is 16.2 Å². The minimum atomic E-state index is -0.773. The number of imide groups is 2. The molecule has 0 radical (unpaired) electrons. The monoisotopic (exact) mass is 426 g/mol. The van der Waals surface area contributed by atoms with E-state index in [0.717, 1.165) is 10.5 Å². The van der Waals surface area contributed by atoms with Gasteiger partial charge in [-0.2, -0.15) is 0 Å². The molecule has 2 aromatic carbocycles. The number of amides is 4. The lowest BCUT2D eigenvalue weighted by Gasteiger charge is -2.25. The second-order valence-corrected chi connectivity index (χ2v) is 6.78. The van der Waals surface area contributed by atoms with Gasteiger partial charge in [-0.15, -0.1) is 6.58 Å². The first kappa shape index (κ1) is 21.1. The third kappa shape index (κ3) is 4.69. The number of methoxy groups -OCH3 is 1. The predicted molar refractivity (Wildman–Crippen MR) is 112 cm³/mol. The Bertz CT molecular complexity index is 1030. The molecule has 7 nitrogen and oxygen atoms in total. The van der Waals surface area contributed by atoms with Crippen LogP contribution in [0.3, 0.4) is 0 Å². The maximum atomic E-state index is 12.5. The Hall–Kier alpha value is -3.58. The summed E-state index contributed by atoms with van der Waals surface area (Å²) in [6.45, 7) is 3.82. The zero-order valence-electron chi connectivity index (χ0n) is 16.2. The minimum Gasteiger partial charge on any atom is -0.493 e. The zero-order valence-corrected chi connectivity index (χ0v) is 16.9. The second kappa shape index (κ2) is 9.28. The van der Waals surface area contributed by atoms with Crippen LogP contribution in [0.4, 0.5) is 4.79 Å². The fourth-order valence-corrected chi connectivity index (χ4v) is 2.92. The highest BCUT2D eigenvalue weighted by molar-refractivity contribution is 6.31. The summed E-state index contributed by atoms with van der Waals surface area (Å²) in [4.78, 5) is 37.4. The Morgan fingerprint density at radius 2 is 1.83 bits per heavy atom. The van der Waals surface area contributed by atoms with E-state index in [-0.39, 0.29) is 12.1 Å². The molecular weight excluding hydrogens is 408 g/mol. The number of nitrogens with zero attached hydrogens (tertiary/aromatic N) is 1. The third-order valence-electron chi connectivity index (χ3n) is 4.30. The highest BCUT2D eigenvalue weighted by atomic mass is 35.5. The van der Waals surface area contributed by atoms with Crippen LogP contribution in [0.1, 0.15) is 11.1 Å². The number of urea groups is 1. The van der Waals surface area contributed by atoms with Crippen molar-refractivity contribution < 1.29 is 23.9 Å². The molecule has 1 fully saturated rings. The summed E-state index contributed by atoms with van der Waals surface area (Å²) < 4.78 is 11.2. The molecule has 0 unspecified atom stereocenters. The Morgan fingerprint density at radius 3 is 2.50 bits per heavy atom. The van der Waals surface area contributed by atoms with Gasteiger partial charge in [0.05, 0.1) is 7.11 Å². The van der Waals surface area contributed by atoms with Gasteiger partial charge >= 0.3 is 6.03 Å². The van der Waals surface area contributed by atoms with Crippen molar-refractivity contribution in [3.8, 4) is 11.5 Å². The number of halogens is 1. The van der Waals surface area contributed by atoms with Gasteiger partial charge in [-0.3, -0.25) is 19.8 Å². The Balaban J connectivity index is 1.82. The summed E-state index contributed by atoms with van der Waals surface area (Å²) in [6.07, 6.45) is 2.80. The number of hydrogen-bond acceptors (Lipinski definition) is 5. The van der Waals surface area contributed by atoms with Crippen molar-refractivity contribution in [3.63, 3.8) is 0 Å². The Kier molecular flexibility index (Phi) is 6.54. The number of ether oxygens (including phenoxy) is 2. The molecule has 154 valence electrons. The SMILES string of the molecule is C=CCN1C(=O)NC(=O)/C(=C/c2ccc(OCc3ccc(Cl)cc3)c(OC)c2)C1=O. The summed E-state index contributed by atoms with van der Waals surface area (Å²) in [7, 11) is 1.49. The van der Waals surface area contributed by atoms with Crippen LogP contribution < -0.4 is 14.8 Å². The van der Waals surface area contributed by atoms with Crippen LogP contribution in [0.2, 0.25) is 5.02 Å². The van der Waals surface area contributed by atoms with Crippen molar-refractivity contribution in [1.29, 1.82) is 0 Å². The van der Waals surface area contributed by atoms with Crippen molar-refractivity contribution in [3.05, 3.63) is 76.8 Å². The van der Waals surface area contributed by atoms with Gasteiger partial charge < -0.3 is 9.47 Å². The number of carbonyl (C=O) groups excluding carboxylic acids is 3. The molecule has 0 atom stereocenters. The number of hydrogen-bond donors (Lipinski definition) is 1. The van der Waals surface area contributed by atoms with E-state index in [1.165, 1.54) is 19.3 Å². The summed E-state index contributed by atoms with van der Waals surface area (Å²) in [5.74, 6) is -0.517. The first-order valence-corrected chi connectivity index (χ1v) is 9.35. The number of benzene rings is 2. The first-order valence-electron chi connectivity index (χ1n) is 8.98. The van der Waals surface area contributed by atoms with Crippen molar-refractivity contribution in [2.24, 2.45) is 0 Å². The summed E-state index contributed by atoms with van der Waals surface area (Å²) in [6, 6.07) is 11.5. The van der Waals surface area contributed by atoms with Gasteiger partial charge in [0.15, 0.2) is 11.5 Å². The van der Waals surface area contributed by atoms with E-state index in [1.807, 2.05) is 12.1 Å². The van der Waals surface area contributed by atoms with E-state index >= 15 is 0 Å². The van der Waals surface area contributed by atoms with E-state index in [0.29, 0.717) is 28.7 Å². The quantitative estimate of drug-likeness (QED) is 0.415. The van der Waals surface area contributed by atoms with Gasteiger partial charge in [-0.1, -0.05) is 35.9 Å². The zero-order chi connectivity index (χ0) is 21.7. The fourth-order valence-electron chi connectivity index (χ4n) is 2.79. The van der Waals surface area contributed by atoms with E-state index < -0.39 is 17.8 Å². The molecule has 2 aromatic rings. The average molecular weight is 427 g/mol. The highest BCUT2D eigenvalue weighted by Gasteiger charge is 2.34. The predicted octanol–water partition coefficient (Wildman–Crippen LogP) is 3.58. The molecule has 4 amide bonds. The van der Waals surface area contributed by atoms with Crippen LogP contribution >= 0.6 is 11.6 Å². The normalized spacial score (nSPS) is 15.2. The van der Waals surface area contributed by atoms with Gasteiger partial charge in [0, 0.05) is 11.6 Å². The molecule has 1 aliphatic rings.